The average Bonchev–Trinajstić information content (AvgIpc) is 3.15. The third-order valence-electron chi connectivity index (χ3n) is 5.97. The van der Waals surface area contributed by atoms with Crippen LogP contribution in [0.2, 0.25) is 0 Å². The van der Waals surface area contributed by atoms with E-state index in [9.17, 15) is 24.0 Å². The van der Waals surface area contributed by atoms with Crippen LogP contribution in [0.1, 0.15) is 64.7 Å². The molecule has 0 bridgehead atoms. The Hall–Kier alpha value is -2.97. The molecule has 0 aromatic carbocycles. The number of methoxy groups -OCH3 is 1. The van der Waals surface area contributed by atoms with E-state index < -0.39 is 30.4 Å². The van der Waals surface area contributed by atoms with Gasteiger partial charge in [-0.25, -0.2) is 4.79 Å². The van der Waals surface area contributed by atoms with Crippen molar-refractivity contribution in [1.82, 2.24) is 9.88 Å². The molecule has 0 spiro atoms. The molecule has 1 aliphatic carbocycles. The normalized spacial score (nSPS) is 21.9. The fourth-order valence-corrected chi connectivity index (χ4v) is 4.41. The predicted molar refractivity (Wildman–Crippen MR) is 104 cm³/mol. The number of nitrogens with one attached hydrogen (secondary N) is 1. The van der Waals surface area contributed by atoms with Crippen LogP contribution in [0.15, 0.2) is 0 Å². The number of aromatic amines is 1. The van der Waals surface area contributed by atoms with Crippen molar-refractivity contribution in [2.45, 2.75) is 52.6 Å². The number of carbonyl (C=O) groups excluding carboxylic acids is 5. The molecule has 1 aliphatic heterocycles. The van der Waals surface area contributed by atoms with Crippen molar-refractivity contribution in [2.75, 3.05) is 13.7 Å². The maximum atomic E-state index is 12.7. The number of nitrogens with zero attached hydrogens (tertiary/aromatic N) is 1. The van der Waals surface area contributed by atoms with Crippen LogP contribution < -0.4 is 0 Å². The first-order valence-corrected chi connectivity index (χ1v) is 10.0. The smallest absolute Gasteiger partial charge is 0.339 e. The van der Waals surface area contributed by atoms with E-state index >= 15 is 0 Å². The number of hydrogen-bond donors (Lipinski definition) is 1. The molecule has 9 heteroatoms. The predicted octanol–water partition coefficient (Wildman–Crippen LogP) is 1.71. The van der Waals surface area contributed by atoms with Crippen molar-refractivity contribution in [3.8, 4) is 0 Å². The number of esters is 2. The first-order chi connectivity index (χ1) is 14.2. The largest absolute Gasteiger partial charge is 0.465 e. The second kappa shape index (κ2) is 8.41. The summed E-state index contributed by atoms with van der Waals surface area (Å²) in [6.07, 6.45) is 1.95. The van der Waals surface area contributed by atoms with Gasteiger partial charge in [-0.15, -0.1) is 0 Å². The third-order valence-corrected chi connectivity index (χ3v) is 5.97. The molecule has 2 fully saturated rings. The van der Waals surface area contributed by atoms with Crippen LogP contribution >= 0.6 is 0 Å². The number of Topliss-reactive ketones (excluding diaryl/α,β-unsaturated/α-hetero) is 1. The van der Waals surface area contributed by atoms with Gasteiger partial charge in [-0.2, -0.15) is 0 Å². The first kappa shape index (κ1) is 21.7. The molecule has 3 rings (SSSR count). The van der Waals surface area contributed by atoms with Crippen molar-refractivity contribution in [1.29, 1.82) is 0 Å². The summed E-state index contributed by atoms with van der Waals surface area (Å²) < 4.78 is 9.92. The van der Waals surface area contributed by atoms with Crippen LogP contribution in [0.25, 0.3) is 0 Å². The zero-order chi connectivity index (χ0) is 22.2. The topological polar surface area (TPSA) is 123 Å². The summed E-state index contributed by atoms with van der Waals surface area (Å²) in [7, 11) is 1.25. The highest BCUT2D eigenvalue weighted by atomic mass is 16.5. The van der Waals surface area contributed by atoms with Crippen molar-refractivity contribution in [2.24, 2.45) is 11.8 Å². The lowest BCUT2D eigenvalue weighted by atomic mass is 9.81. The molecule has 3 atom stereocenters. The Labute approximate surface area is 174 Å². The van der Waals surface area contributed by atoms with Gasteiger partial charge in [0.2, 0.25) is 17.6 Å². The minimum absolute atomic E-state index is 0.146. The van der Waals surface area contributed by atoms with Crippen LogP contribution in [0, 0.1) is 25.7 Å². The lowest BCUT2D eigenvalue weighted by Gasteiger charge is -2.19. The number of likely N-dealkylation sites (tertiary alicyclic amines) is 1. The van der Waals surface area contributed by atoms with Gasteiger partial charge in [-0.3, -0.25) is 24.1 Å². The minimum Gasteiger partial charge on any atom is -0.465 e. The number of amides is 2. The number of fused-ring (bicyclic) bond motifs is 1. The molecule has 1 saturated carbocycles. The Balaban J connectivity index is 1.66. The van der Waals surface area contributed by atoms with Crippen LogP contribution in [-0.2, 0) is 23.9 Å². The number of aryl methyl sites for hydroxylation is 1. The summed E-state index contributed by atoms with van der Waals surface area (Å²) >= 11 is 0. The molecule has 0 radical (unpaired) electrons. The zero-order valence-corrected chi connectivity index (χ0v) is 17.6. The molecule has 30 heavy (non-hydrogen) atoms. The van der Waals surface area contributed by atoms with Gasteiger partial charge in [0.25, 0.3) is 0 Å². The van der Waals surface area contributed by atoms with Crippen molar-refractivity contribution in [3.63, 3.8) is 0 Å². The number of rotatable bonds is 6. The highest BCUT2D eigenvalue weighted by Crippen LogP contribution is 2.37. The molecule has 1 aromatic heterocycles. The van der Waals surface area contributed by atoms with E-state index in [1.54, 1.807) is 13.8 Å². The Morgan fingerprint density at radius 1 is 1.10 bits per heavy atom. The summed E-state index contributed by atoms with van der Waals surface area (Å²) in [4.78, 5) is 65.8. The average molecular weight is 418 g/mol. The van der Waals surface area contributed by atoms with Gasteiger partial charge in [0.1, 0.15) is 6.54 Å². The number of hydrogen-bond acceptors (Lipinski definition) is 7. The molecule has 9 nitrogen and oxygen atoms in total. The van der Waals surface area contributed by atoms with E-state index in [0.29, 0.717) is 24.1 Å². The number of imide groups is 1. The maximum Gasteiger partial charge on any atom is 0.339 e. The Morgan fingerprint density at radius 2 is 1.67 bits per heavy atom. The standard InChI is InChI=1S/C21H26N2O7/c1-10-16(21(28)29-4)11(2)22-17(10)18(25)12(3)30-15(24)9-23-19(26)13-7-5-6-8-14(13)20(23)27/h12-14,22H,5-9H2,1-4H3/t12-,13-,14-/m0/s1. The number of carbonyl (C=O) groups is 5. The summed E-state index contributed by atoms with van der Waals surface area (Å²) in [5.74, 6) is -3.29. The van der Waals surface area contributed by atoms with E-state index in [-0.39, 0.29) is 34.9 Å². The maximum absolute atomic E-state index is 12.7. The van der Waals surface area contributed by atoms with Crippen LogP contribution in [0.5, 0.6) is 0 Å². The number of aromatic nitrogens is 1. The monoisotopic (exact) mass is 418 g/mol. The van der Waals surface area contributed by atoms with Crippen LogP contribution in [0.3, 0.4) is 0 Å². The third kappa shape index (κ3) is 3.76. The molecular weight excluding hydrogens is 392 g/mol. The van der Waals surface area contributed by atoms with Gasteiger partial charge in [-0.05, 0) is 39.2 Å². The highest BCUT2D eigenvalue weighted by Gasteiger charge is 2.48. The molecule has 2 aliphatic rings. The lowest BCUT2D eigenvalue weighted by molar-refractivity contribution is -0.154. The van der Waals surface area contributed by atoms with Crippen LogP contribution in [0.4, 0.5) is 0 Å². The molecular formula is C21H26N2O7. The molecule has 1 aromatic rings. The van der Waals surface area contributed by atoms with E-state index in [2.05, 4.69) is 4.98 Å². The number of ether oxygens (including phenoxy) is 2. The Morgan fingerprint density at radius 3 is 2.20 bits per heavy atom. The molecule has 1 saturated heterocycles. The summed E-state index contributed by atoms with van der Waals surface area (Å²) in [5.41, 5.74) is 1.28. The van der Waals surface area contributed by atoms with Gasteiger partial charge in [-0.1, -0.05) is 12.8 Å². The van der Waals surface area contributed by atoms with E-state index in [0.717, 1.165) is 17.7 Å². The molecule has 162 valence electrons. The summed E-state index contributed by atoms with van der Waals surface area (Å²) in [6.45, 7) is 4.14. The Bertz CT molecular complexity index is 893. The highest BCUT2D eigenvalue weighted by molar-refractivity contribution is 6.07. The fourth-order valence-electron chi connectivity index (χ4n) is 4.41. The quantitative estimate of drug-likeness (QED) is 0.424. The van der Waals surface area contributed by atoms with Crippen molar-refractivity contribution >= 4 is 29.5 Å². The van der Waals surface area contributed by atoms with Crippen LogP contribution in [-0.4, -0.2) is 59.2 Å². The molecule has 2 amide bonds. The minimum atomic E-state index is -1.16. The Kier molecular flexibility index (Phi) is 6.09. The molecule has 1 N–H and O–H groups in total. The van der Waals surface area contributed by atoms with Crippen molar-refractivity contribution < 1.29 is 33.4 Å². The molecule has 2 heterocycles. The zero-order valence-electron chi connectivity index (χ0n) is 17.6. The van der Waals surface area contributed by atoms with E-state index in [1.807, 2.05) is 0 Å². The summed E-state index contributed by atoms with van der Waals surface area (Å²) in [6, 6.07) is 0. The van der Waals surface area contributed by atoms with Crippen molar-refractivity contribution in [3.05, 3.63) is 22.5 Å². The van der Waals surface area contributed by atoms with Gasteiger partial charge in [0.15, 0.2) is 6.10 Å². The molecule has 0 unspecified atom stereocenters. The van der Waals surface area contributed by atoms with Gasteiger partial charge in [0, 0.05) is 5.69 Å². The van der Waals surface area contributed by atoms with Gasteiger partial charge in [0.05, 0.1) is 30.2 Å². The second-order valence-electron chi connectivity index (χ2n) is 7.87. The van der Waals surface area contributed by atoms with Gasteiger partial charge >= 0.3 is 11.9 Å². The number of H-pyrrole nitrogens is 1. The van der Waals surface area contributed by atoms with E-state index in [1.165, 1.54) is 14.0 Å². The SMILES string of the molecule is COC(=O)c1c(C)[nH]c(C(=O)[C@H](C)OC(=O)CN2C(=O)[C@H]3CCCC[C@@H]3C2=O)c1C. The lowest BCUT2D eigenvalue weighted by Crippen LogP contribution is -2.38. The first-order valence-electron chi connectivity index (χ1n) is 10.0. The number of ketones is 1. The second-order valence-corrected chi connectivity index (χ2v) is 7.87. The summed E-state index contributed by atoms with van der Waals surface area (Å²) in [5, 5.41) is 0. The van der Waals surface area contributed by atoms with Gasteiger partial charge < -0.3 is 14.5 Å². The van der Waals surface area contributed by atoms with E-state index in [4.69, 9.17) is 9.47 Å². The fraction of sp³-hybridized carbons (Fsp3) is 0.571.